The summed E-state index contributed by atoms with van der Waals surface area (Å²) < 4.78 is 1.72. The first-order valence-electron chi connectivity index (χ1n) is 9.09. The first-order chi connectivity index (χ1) is 13.2. The Kier molecular flexibility index (Phi) is 4.82. The quantitative estimate of drug-likeness (QED) is 0.651. The molecule has 0 N–H and O–H groups in total. The number of hydrogen-bond donors (Lipinski definition) is 0. The molecule has 1 fully saturated rings. The van der Waals surface area contributed by atoms with Crippen LogP contribution >= 0.6 is 0 Å². The average molecular weight is 361 g/mol. The van der Waals surface area contributed by atoms with Crippen molar-refractivity contribution in [2.75, 3.05) is 38.1 Å². The largest absolute Gasteiger partial charge is 0.371 e. The fourth-order valence-corrected chi connectivity index (χ4v) is 3.36. The number of fused-ring (bicyclic) bond motifs is 1. The van der Waals surface area contributed by atoms with Gasteiger partial charge in [0.05, 0.1) is 0 Å². The zero-order chi connectivity index (χ0) is 18.6. The Morgan fingerprint density at radius 3 is 2.63 bits per heavy atom. The fraction of sp³-hybridized carbons (Fsp3) is 0.300. The molecule has 0 spiro atoms. The van der Waals surface area contributed by atoms with Crippen LogP contribution in [0, 0.1) is 0 Å². The Morgan fingerprint density at radius 1 is 1.11 bits per heavy atom. The molecule has 0 radical (unpaired) electrons. The maximum atomic E-state index is 4.59. The molecule has 1 aliphatic rings. The second kappa shape index (κ2) is 7.57. The van der Waals surface area contributed by atoms with E-state index in [0.29, 0.717) is 0 Å². The molecule has 7 heteroatoms. The van der Waals surface area contributed by atoms with E-state index in [1.165, 1.54) is 5.56 Å². The van der Waals surface area contributed by atoms with Gasteiger partial charge in [-0.25, -0.2) is 0 Å². The first kappa shape index (κ1) is 17.2. The number of piperazine rings is 1. The summed E-state index contributed by atoms with van der Waals surface area (Å²) in [6.45, 7) is 8.04. The van der Waals surface area contributed by atoms with Crippen LogP contribution in [0.15, 0.2) is 60.0 Å². The second-order valence-corrected chi connectivity index (χ2v) is 6.67. The van der Waals surface area contributed by atoms with Gasteiger partial charge in [-0.05, 0) is 23.3 Å². The lowest BCUT2D eigenvalue weighted by Crippen LogP contribution is -2.46. The van der Waals surface area contributed by atoms with Gasteiger partial charge in [-0.1, -0.05) is 30.8 Å². The lowest BCUT2D eigenvalue weighted by Gasteiger charge is -2.37. The normalized spacial score (nSPS) is 15.0. The number of aliphatic imine (C=N–C) groups is 1. The third-order valence-electron chi connectivity index (χ3n) is 4.86. The second-order valence-electron chi connectivity index (χ2n) is 6.67. The van der Waals surface area contributed by atoms with E-state index in [1.54, 1.807) is 17.9 Å². The van der Waals surface area contributed by atoms with Gasteiger partial charge in [0.2, 0.25) is 0 Å². The summed E-state index contributed by atoms with van der Waals surface area (Å²) in [5.74, 6) is 0.959. The smallest absolute Gasteiger partial charge is 0.177 e. The van der Waals surface area contributed by atoms with Gasteiger partial charge in [0.1, 0.15) is 12.1 Å². The molecule has 0 aliphatic carbocycles. The highest BCUT2D eigenvalue weighted by Crippen LogP contribution is 2.18. The Balaban J connectivity index is 1.34. The van der Waals surface area contributed by atoms with E-state index in [1.807, 2.05) is 18.3 Å². The van der Waals surface area contributed by atoms with Crippen molar-refractivity contribution < 1.29 is 0 Å². The molecular formula is C20H23N7. The van der Waals surface area contributed by atoms with Crippen LogP contribution in [0.2, 0.25) is 0 Å². The van der Waals surface area contributed by atoms with E-state index < -0.39 is 0 Å². The zero-order valence-electron chi connectivity index (χ0n) is 15.5. The highest BCUT2D eigenvalue weighted by molar-refractivity contribution is 5.79. The Bertz CT molecular complexity index is 950. The molecule has 1 aromatic carbocycles. The van der Waals surface area contributed by atoms with E-state index in [2.05, 4.69) is 60.9 Å². The summed E-state index contributed by atoms with van der Waals surface area (Å²) in [6.07, 6.45) is 4.37. The molecule has 27 heavy (non-hydrogen) atoms. The van der Waals surface area contributed by atoms with E-state index in [9.17, 15) is 0 Å². The van der Waals surface area contributed by atoms with Crippen molar-refractivity contribution in [1.82, 2.24) is 24.7 Å². The van der Waals surface area contributed by atoms with Crippen LogP contribution in [0.5, 0.6) is 0 Å². The molecular weight excluding hydrogens is 338 g/mol. The van der Waals surface area contributed by atoms with Crippen LogP contribution in [0.25, 0.3) is 5.65 Å². The molecule has 0 unspecified atom stereocenters. The van der Waals surface area contributed by atoms with Crippen LogP contribution in [0.4, 0.5) is 5.82 Å². The zero-order valence-corrected chi connectivity index (χ0v) is 15.5. The van der Waals surface area contributed by atoms with Gasteiger partial charge in [-0.3, -0.25) is 4.99 Å². The van der Waals surface area contributed by atoms with Gasteiger partial charge >= 0.3 is 0 Å². The van der Waals surface area contributed by atoms with Gasteiger partial charge in [-0.15, -0.1) is 15.3 Å². The monoisotopic (exact) mass is 361 g/mol. The van der Waals surface area contributed by atoms with E-state index in [0.717, 1.165) is 55.3 Å². The van der Waals surface area contributed by atoms with Crippen LogP contribution in [0.3, 0.4) is 0 Å². The predicted octanol–water partition coefficient (Wildman–Crippen LogP) is 2.05. The number of anilines is 1. The molecule has 3 aromatic rings. The summed E-state index contributed by atoms with van der Waals surface area (Å²) in [5, 5.41) is 12.5. The molecule has 0 amide bonds. The van der Waals surface area contributed by atoms with E-state index in [4.69, 9.17) is 0 Å². The summed E-state index contributed by atoms with van der Waals surface area (Å²) in [6, 6.07) is 12.5. The number of benzene rings is 1. The Labute approximate surface area is 158 Å². The van der Waals surface area contributed by atoms with Gasteiger partial charge in [0.25, 0.3) is 0 Å². The molecule has 3 heterocycles. The van der Waals surface area contributed by atoms with Crippen molar-refractivity contribution in [2.45, 2.75) is 6.42 Å². The SMILES string of the molecule is C=C(Cc1ccc(C=NC)cc1)N1CCN(c2ccc3nncn3n2)CC1. The van der Waals surface area contributed by atoms with Crippen LogP contribution in [-0.4, -0.2) is 64.2 Å². The number of nitrogens with zero attached hydrogens (tertiary/aromatic N) is 7. The van der Waals surface area contributed by atoms with Crippen molar-refractivity contribution in [1.29, 1.82) is 0 Å². The Hall–Kier alpha value is -3.22. The number of aromatic nitrogens is 4. The summed E-state index contributed by atoms with van der Waals surface area (Å²) in [5.41, 5.74) is 4.32. The topological polar surface area (TPSA) is 61.9 Å². The standard InChI is InChI=1S/C20H23N7/c1-16(13-17-3-5-18(6-4-17)14-21-2)25-9-11-26(12-10-25)20-8-7-19-23-22-15-27(19)24-20/h3-8,14-15H,1,9-13H2,2H3. The van der Waals surface area contributed by atoms with Crippen LogP contribution in [-0.2, 0) is 6.42 Å². The average Bonchev–Trinajstić information content (AvgIpc) is 3.17. The van der Waals surface area contributed by atoms with Crippen molar-refractivity contribution in [2.24, 2.45) is 4.99 Å². The Morgan fingerprint density at radius 2 is 1.89 bits per heavy atom. The summed E-state index contributed by atoms with van der Waals surface area (Å²) >= 11 is 0. The molecule has 7 nitrogen and oxygen atoms in total. The van der Waals surface area contributed by atoms with Crippen molar-refractivity contribution >= 4 is 17.7 Å². The molecule has 1 saturated heterocycles. The van der Waals surface area contributed by atoms with Gasteiger partial charge in [-0.2, -0.15) is 4.52 Å². The predicted molar refractivity (Wildman–Crippen MR) is 107 cm³/mol. The van der Waals surface area contributed by atoms with Crippen molar-refractivity contribution in [3.05, 3.63) is 66.1 Å². The minimum Gasteiger partial charge on any atom is -0.371 e. The lowest BCUT2D eigenvalue weighted by atomic mass is 10.1. The summed E-state index contributed by atoms with van der Waals surface area (Å²) in [7, 11) is 1.79. The van der Waals surface area contributed by atoms with Crippen molar-refractivity contribution in [3.63, 3.8) is 0 Å². The fourth-order valence-electron chi connectivity index (χ4n) is 3.36. The molecule has 0 atom stereocenters. The highest BCUT2D eigenvalue weighted by atomic mass is 15.4. The third kappa shape index (κ3) is 3.81. The number of hydrogen-bond acceptors (Lipinski definition) is 6. The molecule has 4 rings (SSSR count). The highest BCUT2D eigenvalue weighted by Gasteiger charge is 2.19. The molecule has 1 aliphatic heterocycles. The molecule has 138 valence electrons. The van der Waals surface area contributed by atoms with Crippen LogP contribution in [0.1, 0.15) is 11.1 Å². The lowest BCUT2D eigenvalue weighted by molar-refractivity contribution is 0.315. The van der Waals surface area contributed by atoms with E-state index >= 15 is 0 Å². The molecule has 0 bridgehead atoms. The number of allylic oxidation sites excluding steroid dienone is 1. The van der Waals surface area contributed by atoms with Gasteiger partial charge < -0.3 is 9.80 Å². The summed E-state index contributed by atoms with van der Waals surface area (Å²) in [4.78, 5) is 8.71. The minimum absolute atomic E-state index is 0.766. The van der Waals surface area contributed by atoms with Crippen molar-refractivity contribution in [3.8, 4) is 0 Å². The maximum Gasteiger partial charge on any atom is 0.177 e. The molecule has 2 aromatic heterocycles. The van der Waals surface area contributed by atoms with Gasteiger partial charge in [0, 0.05) is 51.6 Å². The first-order valence-corrected chi connectivity index (χ1v) is 9.09. The van der Waals surface area contributed by atoms with E-state index in [-0.39, 0.29) is 0 Å². The third-order valence-corrected chi connectivity index (χ3v) is 4.86. The van der Waals surface area contributed by atoms with Gasteiger partial charge in [0.15, 0.2) is 5.65 Å². The number of rotatable bonds is 5. The minimum atomic E-state index is 0.766. The molecule has 0 saturated carbocycles. The maximum absolute atomic E-state index is 4.59. The van der Waals surface area contributed by atoms with Crippen LogP contribution < -0.4 is 4.90 Å².